The predicted octanol–water partition coefficient (Wildman–Crippen LogP) is 2.67. The second kappa shape index (κ2) is 7.11. The topological polar surface area (TPSA) is 67.9 Å². The number of carbonyl (C=O) groups is 2. The van der Waals surface area contributed by atoms with Crippen molar-refractivity contribution in [2.75, 3.05) is 25.6 Å². The minimum absolute atomic E-state index is 0.115. The molecule has 1 aliphatic rings. The zero-order valence-electron chi connectivity index (χ0n) is 15.1. The summed E-state index contributed by atoms with van der Waals surface area (Å²) in [5.41, 5.74) is 2.53. The van der Waals surface area contributed by atoms with Gasteiger partial charge in [0.1, 0.15) is 11.4 Å². The molecule has 0 fully saturated rings. The maximum absolute atomic E-state index is 11.8. The molecule has 0 aromatic heterocycles. The molecule has 1 aromatic rings. The lowest BCUT2D eigenvalue weighted by atomic mass is 9.97. The fourth-order valence-electron chi connectivity index (χ4n) is 2.72. The van der Waals surface area contributed by atoms with E-state index in [1.807, 2.05) is 26.8 Å². The number of hydrogen-bond donors (Lipinski definition) is 1. The fourth-order valence-corrected chi connectivity index (χ4v) is 2.72. The highest BCUT2D eigenvalue weighted by molar-refractivity contribution is 5.96. The number of rotatable bonds is 4. The first-order valence-corrected chi connectivity index (χ1v) is 8.14. The average molecular weight is 334 g/mol. The van der Waals surface area contributed by atoms with Gasteiger partial charge in [0.15, 0.2) is 0 Å². The summed E-state index contributed by atoms with van der Waals surface area (Å²) in [6.07, 6.45) is 1.46. The Balaban J connectivity index is 2.06. The van der Waals surface area contributed by atoms with E-state index in [9.17, 15) is 9.59 Å². The second-order valence-corrected chi connectivity index (χ2v) is 6.92. The summed E-state index contributed by atoms with van der Waals surface area (Å²) >= 11 is 0. The number of carbonyl (C=O) groups excluding carboxylic acids is 2. The van der Waals surface area contributed by atoms with Gasteiger partial charge in [0, 0.05) is 26.1 Å². The number of methoxy groups -OCH3 is 1. The predicted molar refractivity (Wildman–Crippen MR) is 92.7 cm³/mol. The molecule has 1 aliphatic heterocycles. The van der Waals surface area contributed by atoms with Crippen LogP contribution in [0, 0.1) is 0 Å². The third-order valence-electron chi connectivity index (χ3n) is 3.89. The lowest BCUT2D eigenvalue weighted by Crippen LogP contribution is -2.33. The van der Waals surface area contributed by atoms with Crippen LogP contribution in [0.1, 0.15) is 38.3 Å². The fraction of sp³-hybridized carbons (Fsp3) is 0.556. The molecule has 1 heterocycles. The largest absolute Gasteiger partial charge is 0.496 e. The summed E-state index contributed by atoms with van der Waals surface area (Å²) in [6.45, 7) is 5.95. The molecule has 0 spiro atoms. The lowest BCUT2D eigenvalue weighted by molar-refractivity contribution is -0.118. The molecule has 0 radical (unpaired) electrons. The molecule has 24 heavy (non-hydrogen) atoms. The summed E-state index contributed by atoms with van der Waals surface area (Å²) in [5, 5.41) is 2.75. The van der Waals surface area contributed by atoms with Gasteiger partial charge in [-0.15, -0.1) is 0 Å². The number of ether oxygens (including phenoxy) is 2. The molecule has 1 N–H and O–H groups in total. The van der Waals surface area contributed by atoms with Gasteiger partial charge in [0.05, 0.1) is 12.8 Å². The maximum atomic E-state index is 11.8. The molecular formula is C18H26N2O4. The van der Waals surface area contributed by atoms with E-state index >= 15 is 0 Å². The Morgan fingerprint density at radius 3 is 2.62 bits per heavy atom. The third-order valence-corrected chi connectivity index (χ3v) is 3.89. The van der Waals surface area contributed by atoms with Gasteiger partial charge in [0.25, 0.3) is 0 Å². The van der Waals surface area contributed by atoms with E-state index in [0.29, 0.717) is 19.4 Å². The van der Waals surface area contributed by atoms with E-state index in [-0.39, 0.29) is 5.91 Å². The van der Waals surface area contributed by atoms with Crippen LogP contribution in [0.3, 0.4) is 0 Å². The SMILES string of the molecule is COc1cc2c(cc1CCNC(=O)OC(C)(C)C)CCC(=O)N2C. The van der Waals surface area contributed by atoms with Gasteiger partial charge >= 0.3 is 6.09 Å². The van der Waals surface area contributed by atoms with Crippen LogP contribution in [-0.2, 0) is 22.4 Å². The van der Waals surface area contributed by atoms with Crippen LogP contribution in [0.25, 0.3) is 0 Å². The Morgan fingerprint density at radius 1 is 1.29 bits per heavy atom. The highest BCUT2D eigenvalue weighted by atomic mass is 16.6. The van der Waals surface area contributed by atoms with Crippen LogP contribution in [0.5, 0.6) is 5.75 Å². The van der Waals surface area contributed by atoms with Gasteiger partial charge < -0.3 is 19.7 Å². The Hall–Kier alpha value is -2.24. The van der Waals surface area contributed by atoms with E-state index < -0.39 is 11.7 Å². The quantitative estimate of drug-likeness (QED) is 0.919. The first-order chi connectivity index (χ1) is 11.2. The van der Waals surface area contributed by atoms with E-state index in [1.165, 1.54) is 0 Å². The molecule has 6 heteroatoms. The molecule has 0 aliphatic carbocycles. The van der Waals surface area contributed by atoms with Gasteiger partial charge in [0.2, 0.25) is 5.91 Å². The Kier molecular flexibility index (Phi) is 5.36. The first kappa shape index (κ1) is 18.1. The lowest BCUT2D eigenvalue weighted by Gasteiger charge is -2.27. The number of benzene rings is 1. The normalized spacial score (nSPS) is 14.2. The van der Waals surface area contributed by atoms with Crippen molar-refractivity contribution in [1.29, 1.82) is 0 Å². The smallest absolute Gasteiger partial charge is 0.407 e. The van der Waals surface area contributed by atoms with E-state index in [1.54, 1.807) is 19.1 Å². The molecule has 0 saturated heterocycles. The molecule has 6 nitrogen and oxygen atoms in total. The third kappa shape index (κ3) is 4.40. The number of hydrogen-bond acceptors (Lipinski definition) is 4. The van der Waals surface area contributed by atoms with Crippen molar-refractivity contribution in [3.63, 3.8) is 0 Å². The molecule has 132 valence electrons. The van der Waals surface area contributed by atoms with Crippen LogP contribution >= 0.6 is 0 Å². The second-order valence-electron chi connectivity index (χ2n) is 6.92. The minimum atomic E-state index is -0.509. The van der Waals surface area contributed by atoms with Gasteiger partial charge in [-0.05, 0) is 50.8 Å². The van der Waals surface area contributed by atoms with E-state index in [0.717, 1.165) is 29.0 Å². The molecule has 0 saturated carbocycles. The van der Waals surface area contributed by atoms with Crippen molar-refractivity contribution in [2.24, 2.45) is 0 Å². The summed E-state index contributed by atoms with van der Waals surface area (Å²) in [5.74, 6) is 0.838. The van der Waals surface area contributed by atoms with Crippen LogP contribution in [-0.4, -0.2) is 38.3 Å². The number of fused-ring (bicyclic) bond motifs is 1. The van der Waals surface area contributed by atoms with Crippen molar-refractivity contribution < 1.29 is 19.1 Å². The molecule has 2 amide bonds. The Morgan fingerprint density at radius 2 is 2.00 bits per heavy atom. The van der Waals surface area contributed by atoms with Crippen molar-refractivity contribution >= 4 is 17.7 Å². The van der Waals surface area contributed by atoms with Crippen LogP contribution in [0.2, 0.25) is 0 Å². The van der Waals surface area contributed by atoms with Crippen LogP contribution in [0.15, 0.2) is 12.1 Å². The molecule has 0 bridgehead atoms. The zero-order valence-corrected chi connectivity index (χ0v) is 15.1. The van der Waals surface area contributed by atoms with Crippen LogP contribution in [0.4, 0.5) is 10.5 Å². The number of amides is 2. The Bertz CT molecular complexity index is 635. The van der Waals surface area contributed by atoms with Crippen LogP contribution < -0.4 is 15.0 Å². The average Bonchev–Trinajstić information content (AvgIpc) is 2.49. The van der Waals surface area contributed by atoms with Gasteiger partial charge in [-0.25, -0.2) is 4.79 Å². The van der Waals surface area contributed by atoms with Crippen molar-refractivity contribution in [3.8, 4) is 5.75 Å². The zero-order chi connectivity index (χ0) is 17.9. The summed E-state index contributed by atoms with van der Waals surface area (Å²) in [6, 6.07) is 3.96. The minimum Gasteiger partial charge on any atom is -0.496 e. The summed E-state index contributed by atoms with van der Waals surface area (Å²) in [4.78, 5) is 25.2. The number of nitrogens with zero attached hydrogens (tertiary/aromatic N) is 1. The molecule has 1 aromatic carbocycles. The maximum Gasteiger partial charge on any atom is 0.407 e. The van der Waals surface area contributed by atoms with E-state index in [2.05, 4.69) is 11.4 Å². The highest BCUT2D eigenvalue weighted by Crippen LogP contribution is 2.33. The number of anilines is 1. The van der Waals surface area contributed by atoms with Gasteiger partial charge in [-0.1, -0.05) is 0 Å². The molecular weight excluding hydrogens is 308 g/mol. The van der Waals surface area contributed by atoms with Crippen molar-refractivity contribution in [2.45, 2.75) is 45.6 Å². The molecule has 0 atom stereocenters. The Labute approximate surface area is 143 Å². The van der Waals surface area contributed by atoms with Gasteiger partial charge in [-0.3, -0.25) is 4.79 Å². The number of aryl methyl sites for hydroxylation is 1. The summed E-state index contributed by atoms with van der Waals surface area (Å²) in [7, 11) is 3.39. The molecule has 0 unspecified atom stereocenters. The van der Waals surface area contributed by atoms with Crippen molar-refractivity contribution in [3.05, 3.63) is 23.3 Å². The number of alkyl carbamates (subject to hydrolysis) is 1. The molecule has 2 rings (SSSR count). The highest BCUT2D eigenvalue weighted by Gasteiger charge is 2.23. The van der Waals surface area contributed by atoms with Gasteiger partial charge in [-0.2, -0.15) is 0 Å². The number of nitrogens with one attached hydrogen (secondary N) is 1. The summed E-state index contributed by atoms with van der Waals surface area (Å²) < 4.78 is 10.7. The monoisotopic (exact) mass is 334 g/mol. The van der Waals surface area contributed by atoms with E-state index in [4.69, 9.17) is 9.47 Å². The standard InChI is InChI=1S/C18H26N2O4/c1-18(2,3)24-17(22)19-9-8-13-10-12-6-7-16(21)20(4)14(12)11-15(13)23-5/h10-11H,6-9H2,1-5H3,(H,19,22). The first-order valence-electron chi connectivity index (χ1n) is 8.14. The van der Waals surface area contributed by atoms with Crippen molar-refractivity contribution in [1.82, 2.24) is 5.32 Å².